The summed E-state index contributed by atoms with van der Waals surface area (Å²) in [5, 5.41) is 0. The summed E-state index contributed by atoms with van der Waals surface area (Å²) < 4.78 is 0. The van der Waals surface area contributed by atoms with Crippen LogP contribution in [0.4, 0.5) is 0 Å². The molecule has 0 unspecified atom stereocenters. The molecule has 92 valence electrons. The Hall–Kier alpha value is -0.960. The molecule has 1 aromatic rings. The number of amides is 1. The minimum absolute atomic E-state index is 0.311. The largest absolute Gasteiger partial charge is 0.342 e. The zero-order valence-corrected chi connectivity index (χ0v) is 10.9. The molecule has 0 aromatic heterocycles. The van der Waals surface area contributed by atoms with Gasteiger partial charge in [-0.2, -0.15) is 0 Å². The van der Waals surface area contributed by atoms with Crippen molar-refractivity contribution in [2.75, 3.05) is 18.8 Å². The monoisotopic (exact) mass is 249 g/mol. The standard InChI is InChI=1S/C14H19NOS/c16-14(15-9-5-2-6-10-15)12-17-11-13-7-3-1-4-8-13/h1,3-4,7-8H,2,5-6,9-12H2. The van der Waals surface area contributed by atoms with Crippen LogP contribution < -0.4 is 0 Å². The maximum atomic E-state index is 11.9. The van der Waals surface area contributed by atoms with E-state index in [1.807, 2.05) is 23.1 Å². The summed E-state index contributed by atoms with van der Waals surface area (Å²) in [5.74, 6) is 1.86. The summed E-state index contributed by atoms with van der Waals surface area (Å²) in [6.07, 6.45) is 3.63. The van der Waals surface area contributed by atoms with Crippen molar-refractivity contribution in [1.29, 1.82) is 0 Å². The third-order valence-electron chi connectivity index (χ3n) is 3.05. The number of thioether (sulfide) groups is 1. The maximum Gasteiger partial charge on any atom is 0.232 e. The van der Waals surface area contributed by atoms with Crippen LogP contribution in [0, 0.1) is 0 Å². The Labute approximate surface area is 107 Å². The highest BCUT2D eigenvalue weighted by Crippen LogP contribution is 2.14. The van der Waals surface area contributed by atoms with Gasteiger partial charge in [-0.15, -0.1) is 11.8 Å². The second-order valence-electron chi connectivity index (χ2n) is 4.42. The van der Waals surface area contributed by atoms with Crippen molar-refractivity contribution in [3.05, 3.63) is 35.9 Å². The molecule has 0 aliphatic carbocycles. The number of hydrogen-bond donors (Lipinski definition) is 0. The minimum atomic E-state index is 0.311. The zero-order chi connectivity index (χ0) is 11.9. The maximum absolute atomic E-state index is 11.9. The van der Waals surface area contributed by atoms with Gasteiger partial charge in [-0.25, -0.2) is 0 Å². The molecule has 1 fully saturated rings. The SMILES string of the molecule is O=C(CSCc1ccccc1)N1CCCCC1. The van der Waals surface area contributed by atoms with Gasteiger partial charge in [0.25, 0.3) is 0 Å². The van der Waals surface area contributed by atoms with E-state index in [-0.39, 0.29) is 0 Å². The molecule has 1 heterocycles. The van der Waals surface area contributed by atoms with E-state index in [0.29, 0.717) is 11.7 Å². The number of hydrogen-bond acceptors (Lipinski definition) is 2. The lowest BCUT2D eigenvalue weighted by atomic mass is 10.1. The number of piperidine rings is 1. The van der Waals surface area contributed by atoms with Crippen molar-refractivity contribution in [2.45, 2.75) is 25.0 Å². The molecule has 0 bridgehead atoms. The number of benzene rings is 1. The Balaban J connectivity index is 1.69. The molecule has 1 amide bonds. The van der Waals surface area contributed by atoms with Crippen molar-refractivity contribution >= 4 is 17.7 Å². The molecule has 1 aliphatic heterocycles. The second-order valence-corrected chi connectivity index (χ2v) is 5.41. The van der Waals surface area contributed by atoms with E-state index in [9.17, 15) is 4.79 Å². The minimum Gasteiger partial charge on any atom is -0.342 e. The van der Waals surface area contributed by atoms with Crippen molar-refractivity contribution < 1.29 is 4.79 Å². The molecule has 17 heavy (non-hydrogen) atoms. The molecule has 1 aliphatic rings. The van der Waals surface area contributed by atoms with E-state index >= 15 is 0 Å². The van der Waals surface area contributed by atoms with Crippen molar-refractivity contribution in [2.24, 2.45) is 0 Å². The van der Waals surface area contributed by atoms with Crippen LogP contribution in [0.5, 0.6) is 0 Å². The quantitative estimate of drug-likeness (QED) is 0.817. The van der Waals surface area contributed by atoms with Gasteiger partial charge in [-0.3, -0.25) is 4.79 Å². The van der Waals surface area contributed by atoms with Crippen molar-refractivity contribution in [1.82, 2.24) is 4.90 Å². The van der Waals surface area contributed by atoms with Crippen LogP contribution in [0.2, 0.25) is 0 Å². The third-order valence-corrected chi connectivity index (χ3v) is 4.03. The molecule has 0 radical (unpaired) electrons. The van der Waals surface area contributed by atoms with Crippen LogP contribution in [0.1, 0.15) is 24.8 Å². The van der Waals surface area contributed by atoms with Crippen molar-refractivity contribution in [3.8, 4) is 0 Å². The molecule has 0 atom stereocenters. The van der Waals surface area contributed by atoms with Crippen molar-refractivity contribution in [3.63, 3.8) is 0 Å². The highest BCUT2D eigenvalue weighted by atomic mass is 32.2. The van der Waals surface area contributed by atoms with E-state index < -0.39 is 0 Å². The Kier molecular flexibility index (Phi) is 4.92. The number of nitrogens with zero attached hydrogens (tertiary/aromatic N) is 1. The first kappa shape index (κ1) is 12.5. The van der Waals surface area contributed by atoms with E-state index in [2.05, 4.69) is 12.1 Å². The predicted molar refractivity (Wildman–Crippen MR) is 73.0 cm³/mol. The summed E-state index contributed by atoms with van der Waals surface area (Å²) in [7, 11) is 0. The Morgan fingerprint density at radius 1 is 1.12 bits per heavy atom. The molecule has 0 saturated carbocycles. The first-order valence-corrected chi connectivity index (χ1v) is 7.41. The van der Waals surface area contributed by atoms with Crippen LogP contribution in [0.15, 0.2) is 30.3 Å². The van der Waals surface area contributed by atoms with Gasteiger partial charge in [-0.05, 0) is 24.8 Å². The van der Waals surface area contributed by atoms with Gasteiger partial charge in [0.2, 0.25) is 5.91 Å². The lowest BCUT2D eigenvalue weighted by molar-refractivity contribution is -0.129. The van der Waals surface area contributed by atoms with Crippen LogP contribution in [0.25, 0.3) is 0 Å². The van der Waals surface area contributed by atoms with Gasteiger partial charge in [0, 0.05) is 18.8 Å². The molecule has 3 heteroatoms. The van der Waals surface area contributed by atoms with Gasteiger partial charge in [0.1, 0.15) is 0 Å². The molecular formula is C14H19NOS. The lowest BCUT2D eigenvalue weighted by Gasteiger charge is -2.26. The van der Waals surface area contributed by atoms with Gasteiger partial charge in [0.15, 0.2) is 0 Å². The highest BCUT2D eigenvalue weighted by molar-refractivity contribution is 7.99. The average Bonchev–Trinajstić information content (AvgIpc) is 2.41. The molecule has 2 nitrogen and oxygen atoms in total. The number of likely N-dealkylation sites (tertiary alicyclic amines) is 1. The Morgan fingerprint density at radius 3 is 2.53 bits per heavy atom. The Bertz CT molecular complexity index is 346. The normalized spacial score (nSPS) is 15.9. The average molecular weight is 249 g/mol. The molecular weight excluding hydrogens is 230 g/mol. The molecule has 2 rings (SSSR count). The van der Waals surface area contributed by atoms with E-state index in [1.54, 1.807) is 11.8 Å². The van der Waals surface area contributed by atoms with Gasteiger partial charge in [-0.1, -0.05) is 30.3 Å². The zero-order valence-electron chi connectivity index (χ0n) is 10.1. The fourth-order valence-electron chi connectivity index (χ4n) is 2.07. The number of carbonyl (C=O) groups excluding carboxylic acids is 1. The van der Waals surface area contributed by atoms with Crippen LogP contribution in [0.3, 0.4) is 0 Å². The van der Waals surface area contributed by atoms with Crippen LogP contribution >= 0.6 is 11.8 Å². The predicted octanol–water partition coefficient (Wildman–Crippen LogP) is 2.93. The smallest absolute Gasteiger partial charge is 0.232 e. The van der Waals surface area contributed by atoms with Crippen LogP contribution in [-0.2, 0) is 10.5 Å². The number of rotatable bonds is 4. The summed E-state index contributed by atoms with van der Waals surface area (Å²) in [6, 6.07) is 10.3. The summed E-state index contributed by atoms with van der Waals surface area (Å²) in [6.45, 7) is 1.93. The summed E-state index contributed by atoms with van der Waals surface area (Å²) >= 11 is 1.72. The van der Waals surface area contributed by atoms with E-state index in [0.717, 1.165) is 18.8 Å². The second kappa shape index (κ2) is 6.70. The van der Waals surface area contributed by atoms with Gasteiger partial charge in [0.05, 0.1) is 5.75 Å². The van der Waals surface area contributed by atoms with E-state index in [1.165, 1.54) is 24.8 Å². The van der Waals surface area contributed by atoms with Crippen LogP contribution in [-0.4, -0.2) is 29.6 Å². The summed E-state index contributed by atoms with van der Waals surface area (Å²) in [5.41, 5.74) is 1.30. The topological polar surface area (TPSA) is 20.3 Å². The third kappa shape index (κ3) is 4.08. The molecule has 1 aromatic carbocycles. The lowest BCUT2D eigenvalue weighted by Crippen LogP contribution is -2.36. The highest BCUT2D eigenvalue weighted by Gasteiger charge is 2.15. The molecule has 1 saturated heterocycles. The summed E-state index contributed by atoms with van der Waals surface area (Å²) in [4.78, 5) is 13.9. The molecule has 0 N–H and O–H groups in total. The fourth-order valence-corrected chi connectivity index (χ4v) is 2.95. The number of carbonyl (C=O) groups is 1. The van der Waals surface area contributed by atoms with Gasteiger partial charge >= 0.3 is 0 Å². The fraction of sp³-hybridized carbons (Fsp3) is 0.500. The van der Waals surface area contributed by atoms with E-state index in [4.69, 9.17) is 0 Å². The first-order valence-electron chi connectivity index (χ1n) is 6.26. The van der Waals surface area contributed by atoms with Gasteiger partial charge < -0.3 is 4.90 Å². The molecule has 0 spiro atoms. The first-order chi connectivity index (χ1) is 8.36. The Morgan fingerprint density at radius 2 is 1.82 bits per heavy atom.